The minimum Gasteiger partial charge on any atom is -0.487 e. The van der Waals surface area contributed by atoms with E-state index >= 15 is 0 Å². The summed E-state index contributed by atoms with van der Waals surface area (Å²) in [7, 11) is 1.81. The summed E-state index contributed by atoms with van der Waals surface area (Å²) in [5, 5.41) is 3.00. The summed E-state index contributed by atoms with van der Waals surface area (Å²) < 4.78 is 5.78. The molecule has 2 aromatic carbocycles. The van der Waals surface area contributed by atoms with Crippen LogP contribution in [0.1, 0.15) is 32.2 Å². The maximum atomic E-state index is 12.7. The lowest BCUT2D eigenvalue weighted by Gasteiger charge is -2.18. The van der Waals surface area contributed by atoms with Gasteiger partial charge in [0.05, 0.1) is 10.7 Å². The van der Waals surface area contributed by atoms with Crippen LogP contribution in [0.3, 0.4) is 0 Å². The van der Waals surface area contributed by atoms with Crippen molar-refractivity contribution in [3.63, 3.8) is 0 Å². The molecule has 0 radical (unpaired) electrons. The van der Waals surface area contributed by atoms with Crippen LogP contribution in [0.25, 0.3) is 0 Å². The normalized spacial score (nSPS) is 10.6. The Morgan fingerprint density at radius 3 is 2.62 bits per heavy atom. The Morgan fingerprint density at radius 2 is 1.92 bits per heavy atom. The SMILES string of the molecule is Cc1ccc(CN(C)C(=O)c2cccc(OCc3csc(C)n3)c2)cc1. The summed E-state index contributed by atoms with van der Waals surface area (Å²) in [6, 6.07) is 15.5. The lowest BCUT2D eigenvalue weighted by atomic mass is 10.1. The van der Waals surface area contributed by atoms with Crippen molar-refractivity contribution < 1.29 is 9.53 Å². The summed E-state index contributed by atoms with van der Waals surface area (Å²) >= 11 is 1.60. The molecule has 0 atom stereocenters. The van der Waals surface area contributed by atoms with E-state index in [-0.39, 0.29) is 5.91 Å². The third kappa shape index (κ3) is 4.70. The van der Waals surface area contributed by atoms with Crippen molar-refractivity contribution in [3.05, 3.63) is 81.3 Å². The first-order chi connectivity index (χ1) is 12.5. The second-order valence-corrected chi connectivity index (χ2v) is 7.38. The average Bonchev–Trinajstić information content (AvgIpc) is 3.07. The number of nitrogens with zero attached hydrogens (tertiary/aromatic N) is 2. The van der Waals surface area contributed by atoms with Crippen LogP contribution in [0.5, 0.6) is 5.75 Å². The minimum atomic E-state index is -0.0273. The van der Waals surface area contributed by atoms with Gasteiger partial charge < -0.3 is 9.64 Å². The number of benzene rings is 2. The van der Waals surface area contributed by atoms with Crippen molar-refractivity contribution >= 4 is 17.2 Å². The van der Waals surface area contributed by atoms with Crippen molar-refractivity contribution in [2.24, 2.45) is 0 Å². The lowest BCUT2D eigenvalue weighted by molar-refractivity contribution is 0.0784. The van der Waals surface area contributed by atoms with Gasteiger partial charge in [0.25, 0.3) is 5.91 Å². The van der Waals surface area contributed by atoms with Crippen molar-refractivity contribution in [2.75, 3.05) is 7.05 Å². The molecule has 0 fully saturated rings. The van der Waals surface area contributed by atoms with E-state index in [4.69, 9.17) is 4.74 Å². The van der Waals surface area contributed by atoms with Gasteiger partial charge in [0.15, 0.2) is 0 Å². The first kappa shape index (κ1) is 18.1. The molecule has 1 amide bonds. The highest BCUT2D eigenvalue weighted by Gasteiger charge is 2.13. The Morgan fingerprint density at radius 1 is 1.15 bits per heavy atom. The summed E-state index contributed by atoms with van der Waals surface area (Å²) in [5.41, 5.74) is 3.84. The van der Waals surface area contributed by atoms with Crippen LogP contribution >= 0.6 is 11.3 Å². The highest BCUT2D eigenvalue weighted by molar-refractivity contribution is 7.09. The number of hydrogen-bond acceptors (Lipinski definition) is 4. The van der Waals surface area contributed by atoms with Crippen LogP contribution in [-0.4, -0.2) is 22.8 Å². The maximum absolute atomic E-state index is 12.7. The third-order valence-electron chi connectivity index (χ3n) is 4.02. The monoisotopic (exact) mass is 366 g/mol. The standard InChI is InChI=1S/C21H22N2O2S/c1-15-7-9-17(10-8-15)12-23(3)21(24)18-5-4-6-20(11-18)25-13-19-14-26-16(2)22-19/h4-11,14H,12-13H2,1-3H3. The van der Waals surface area contributed by atoms with Crippen LogP contribution in [0, 0.1) is 13.8 Å². The van der Waals surface area contributed by atoms with E-state index in [2.05, 4.69) is 36.2 Å². The molecule has 3 aromatic rings. The molecule has 0 spiro atoms. The lowest BCUT2D eigenvalue weighted by Crippen LogP contribution is -2.26. The van der Waals surface area contributed by atoms with Crippen LogP contribution in [0.4, 0.5) is 0 Å². The second kappa shape index (κ2) is 8.15. The van der Waals surface area contributed by atoms with Crippen molar-refractivity contribution in [3.8, 4) is 5.75 Å². The van der Waals surface area contributed by atoms with Crippen LogP contribution in [-0.2, 0) is 13.2 Å². The molecule has 0 saturated heterocycles. The molecule has 0 saturated carbocycles. The molecule has 0 aliphatic heterocycles. The maximum Gasteiger partial charge on any atom is 0.254 e. The highest BCUT2D eigenvalue weighted by Crippen LogP contribution is 2.18. The van der Waals surface area contributed by atoms with E-state index in [0.717, 1.165) is 16.3 Å². The molecule has 0 unspecified atom stereocenters. The second-order valence-electron chi connectivity index (χ2n) is 6.32. The molecule has 0 bridgehead atoms. The topological polar surface area (TPSA) is 42.4 Å². The minimum absolute atomic E-state index is 0.0273. The molecule has 3 rings (SSSR count). The van der Waals surface area contributed by atoms with Crippen molar-refractivity contribution in [2.45, 2.75) is 27.0 Å². The number of aromatic nitrogens is 1. The quantitative estimate of drug-likeness (QED) is 0.640. The first-order valence-corrected chi connectivity index (χ1v) is 9.34. The van der Waals surface area contributed by atoms with Gasteiger partial charge >= 0.3 is 0 Å². The number of carbonyl (C=O) groups is 1. The number of carbonyl (C=O) groups excluding carboxylic acids is 1. The average molecular weight is 366 g/mol. The van der Waals surface area contributed by atoms with E-state index in [1.54, 1.807) is 22.3 Å². The predicted octanol–water partition coefficient (Wildman–Crippen LogP) is 4.61. The van der Waals surface area contributed by atoms with E-state index in [1.165, 1.54) is 5.56 Å². The molecule has 5 heteroatoms. The molecular formula is C21H22N2O2S. The third-order valence-corrected chi connectivity index (χ3v) is 4.84. The van der Waals surface area contributed by atoms with E-state index < -0.39 is 0 Å². The fourth-order valence-corrected chi connectivity index (χ4v) is 3.21. The number of thiazole rings is 1. The Bertz CT molecular complexity index is 887. The molecule has 1 aromatic heterocycles. The summed E-state index contributed by atoms with van der Waals surface area (Å²) in [4.78, 5) is 18.8. The van der Waals surface area contributed by atoms with Crippen LogP contribution < -0.4 is 4.74 Å². The molecular weight excluding hydrogens is 344 g/mol. The summed E-state index contributed by atoms with van der Waals surface area (Å²) in [6.45, 7) is 5.00. The largest absolute Gasteiger partial charge is 0.487 e. The smallest absolute Gasteiger partial charge is 0.254 e. The number of aryl methyl sites for hydroxylation is 2. The number of amides is 1. The van der Waals surface area contributed by atoms with Gasteiger partial charge in [-0.05, 0) is 37.6 Å². The molecule has 4 nitrogen and oxygen atoms in total. The summed E-state index contributed by atoms with van der Waals surface area (Å²) in [5.74, 6) is 0.644. The molecule has 134 valence electrons. The Labute approximate surface area is 158 Å². The van der Waals surface area contributed by atoms with E-state index in [1.807, 2.05) is 37.6 Å². The van der Waals surface area contributed by atoms with Gasteiger partial charge in [-0.2, -0.15) is 0 Å². The zero-order valence-electron chi connectivity index (χ0n) is 15.2. The van der Waals surface area contributed by atoms with Gasteiger partial charge in [-0.1, -0.05) is 35.9 Å². The molecule has 0 aliphatic rings. The number of ether oxygens (including phenoxy) is 1. The van der Waals surface area contributed by atoms with Crippen molar-refractivity contribution in [1.82, 2.24) is 9.88 Å². The van der Waals surface area contributed by atoms with Crippen LogP contribution in [0.15, 0.2) is 53.9 Å². The Hall–Kier alpha value is -2.66. The van der Waals surface area contributed by atoms with Gasteiger partial charge in [0.1, 0.15) is 12.4 Å². The van der Waals surface area contributed by atoms with Gasteiger partial charge in [-0.3, -0.25) is 4.79 Å². The van der Waals surface area contributed by atoms with E-state index in [0.29, 0.717) is 24.5 Å². The Balaban J connectivity index is 1.64. The van der Waals surface area contributed by atoms with Gasteiger partial charge in [0, 0.05) is 24.5 Å². The Kier molecular flexibility index (Phi) is 5.68. The molecule has 0 N–H and O–H groups in total. The predicted molar refractivity (Wildman–Crippen MR) is 105 cm³/mol. The van der Waals surface area contributed by atoms with Gasteiger partial charge in [0.2, 0.25) is 0 Å². The fourth-order valence-electron chi connectivity index (χ4n) is 2.61. The fraction of sp³-hybridized carbons (Fsp3) is 0.238. The van der Waals surface area contributed by atoms with E-state index in [9.17, 15) is 4.79 Å². The highest BCUT2D eigenvalue weighted by atomic mass is 32.1. The molecule has 1 heterocycles. The molecule has 0 aliphatic carbocycles. The number of rotatable bonds is 6. The zero-order valence-corrected chi connectivity index (χ0v) is 16.0. The summed E-state index contributed by atoms with van der Waals surface area (Å²) in [6.07, 6.45) is 0. The van der Waals surface area contributed by atoms with Crippen LogP contribution in [0.2, 0.25) is 0 Å². The van der Waals surface area contributed by atoms with Crippen molar-refractivity contribution in [1.29, 1.82) is 0 Å². The zero-order chi connectivity index (χ0) is 18.5. The van der Waals surface area contributed by atoms with Gasteiger partial charge in [-0.25, -0.2) is 4.98 Å². The van der Waals surface area contributed by atoms with Gasteiger partial charge in [-0.15, -0.1) is 11.3 Å². The molecule has 26 heavy (non-hydrogen) atoms. The number of hydrogen-bond donors (Lipinski definition) is 0. The first-order valence-electron chi connectivity index (χ1n) is 8.46.